The third-order valence-electron chi connectivity index (χ3n) is 4.47. The number of morpholine rings is 1. The number of ketones is 1. The van der Waals surface area contributed by atoms with Gasteiger partial charge in [0.05, 0.1) is 23.7 Å². The summed E-state index contributed by atoms with van der Waals surface area (Å²) >= 11 is 0. The molecule has 2 aromatic rings. The highest BCUT2D eigenvalue weighted by atomic mass is 32.2. The molecule has 0 aliphatic carbocycles. The van der Waals surface area contributed by atoms with E-state index < -0.39 is 39.8 Å². The number of esters is 1. The average molecular weight is 421 g/mol. The molecule has 1 fully saturated rings. The van der Waals surface area contributed by atoms with Gasteiger partial charge in [0.25, 0.3) is 0 Å². The van der Waals surface area contributed by atoms with Gasteiger partial charge in [0.15, 0.2) is 12.4 Å². The molecule has 1 aliphatic rings. The molecular weight excluding hydrogens is 401 g/mol. The van der Waals surface area contributed by atoms with E-state index in [0.29, 0.717) is 5.56 Å². The minimum absolute atomic E-state index is 0.171. The van der Waals surface area contributed by atoms with Crippen LogP contribution in [0.15, 0.2) is 47.4 Å². The Morgan fingerprint density at radius 1 is 1.10 bits per heavy atom. The molecular formula is C20H20FNO6S. The zero-order valence-corrected chi connectivity index (χ0v) is 16.6. The Bertz CT molecular complexity index is 1010. The van der Waals surface area contributed by atoms with Gasteiger partial charge in [-0.3, -0.25) is 4.79 Å². The molecule has 3 rings (SSSR count). The van der Waals surface area contributed by atoms with Crippen LogP contribution in [0.4, 0.5) is 4.39 Å². The largest absolute Gasteiger partial charge is 0.454 e. The number of aryl methyl sites for hydroxylation is 1. The van der Waals surface area contributed by atoms with Gasteiger partial charge in [-0.05, 0) is 25.1 Å². The summed E-state index contributed by atoms with van der Waals surface area (Å²) in [5.41, 5.74) is 0.780. The van der Waals surface area contributed by atoms with Crippen molar-refractivity contribution in [3.8, 4) is 0 Å². The maximum Gasteiger partial charge on any atom is 0.341 e. The summed E-state index contributed by atoms with van der Waals surface area (Å²) < 4.78 is 50.8. The zero-order valence-electron chi connectivity index (χ0n) is 15.8. The van der Waals surface area contributed by atoms with E-state index in [4.69, 9.17) is 9.47 Å². The maximum absolute atomic E-state index is 14.1. The Kier molecular flexibility index (Phi) is 6.41. The zero-order chi connectivity index (χ0) is 21.0. The molecule has 2 aromatic carbocycles. The van der Waals surface area contributed by atoms with E-state index in [1.165, 1.54) is 4.31 Å². The predicted molar refractivity (Wildman–Crippen MR) is 102 cm³/mol. The van der Waals surface area contributed by atoms with Crippen LogP contribution in [0.3, 0.4) is 0 Å². The minimum Gasteiger partial charge on any atom is -0.454 e. The first-order valence-corrected chi connectivity index (χ1v) is 10.4. The summed E-state index contributed by atoms with van der Waals surface area (Å²) in [5, 5.41) is 0. The Morgan fingerprint density at radius 3 is 2.41 bits per heavy atom. The molecule has 9 heteroatoms. The molecule has 0 bridgehead atoms. The fraction of sp³-hybridized carbons (Fsp3) is 0.300. The summed E-state index contributed by atoms with van der Waals surface area (Å²) in [6, 6.07) is 9.60. The van der Waals surface area contributed by atoms with Crippen molar-refractivity contribution in [3.05, 3.63) is 65.0 Å². The first kappa shape index (κ1) is 21.1. The van der Waals surface area contributed by atoms with Gasteiger partial charge >= 0.3 is 5.97 Å². The number of carbonyl (C=O) groups excluding carboxylic acids is 2. The van der Waals surface area contributed by atoms with Crippen molar-refractivity contribution in [1.82, 2.24) is 4.31 Å². The van der Waals surface area contributed by atoms with Crippen molar-refractivity contribution in [2.75, 3.05) is 32.9 Å². The molecule has 7 nitrogen and oxygen atoms in total. The Morgan fingerprint density at radius 2 is 1.76 bits per heavy atom. The molecule has 0 saturated carbocycles. The second-order valence-electron chi connectivity index (χ2n) is 6.52. The first-order chi connectivity index (χ1) is 13.8. The van der Waals surface area contributed by atoms with E-state index >= 15 is 0 Å². The highest BCUT2D eigenvalue weighted by Gasteiger charge is 2.28. The number of rotatable bonds is 6. The normalized spacial score (nSPS) is 15.1. The second-order valence-corrected chi connectivity index (χ2v) is 8.46. The van der Waals surface area contributed by atoms with Crippen LogP contribution in [0.1, 0.15) is 26.3 Å². The summed E-state index contributed by atoms with van der Waals surface area (Å²) in [7, 11) is -3.90. The number of halogens is 1. The lowest BCUT2D eigenvalue weighted by Crippen LogP contribution is -2.40. The molecule has 0 N–H and O–H groups in total. The molecule has 0 spiro atoms. The topological polar surface area (TPSA) is 90.0 Å². The van der Waals surface area contributed by atoms with Crippen LogP contribution in [-0.4, -0.2) is 57.4 Å². The number of hydrogen-bond donors (Lipinski definition) is 0. The number of sulfonamides is 1. The molecule has 0 atom stereocenters. The lowest BCUT2D eigenvalue weighted by molar-refractivity contribution is 0.0469. The minimum atomic E-state index is -3.90. The number of hydrogen-bond acceptors (Lipinski definition) is 6. The van der Waals surface area contributed by atoms with Crippen molar-refractivity contribution in [1.29, 1.82) is 0 Å². The molecule has 0 radical (unpaired) electrons. The lowest BCUT2D eigenvalue weighted by Gasteiger charge is -2.26. The van der Waals surface area contributed by atoms with Crippen LogP contribution in [0.2, 0.25) is 0 Å². The highest BCUT2D eigenvalue weighted by molar-refractivity contribution is 7.89. The van der Waals surface area contributed by atoms with Crippen LogP contribution in [0.5, 0.6) is 0 Å². The van der Waals surface area contributed by atoms with Gasteiger partial charge in [-0.2, -0.15) is 4.31 Å². The van der Waals surface area contributed by atoms with E-state index in [2.05, 4.69) is 0 Å². The van der Waals surface area contributed by atoms with Gasteiger partial charge < -0.3 is 9.47 Å². The smallest absolute Gasteiger partial charge is 0.341 e. The van der Waals surface area contributed by atoms with Crippen LogP contribution < -0.4 is 0 Å². The molecule has 0 aromatic heterocycles. The van der Waals surface area contributed by atoms with Gasteiger partial charge in [-0.1, -0.05) is 29.8 Å². The molecule has 154 valence electrons. The summed E-state index contributed by atoms with van der Waals surface area (Å²) in [4.78, 5) is 24.2. The quantitative estimate of drug-likeness (QED) is 0.525. The van der Waals surface area contributed by atoms with Crippen LogP contribution in [0.25, 0.3) is 0 Å². The summed E-state index contributed by atoms with van der Waals surface area (Å²) in [6.07, 6.45) is 0. The standard InChI is InChI=1S/C20H20FNO6S/c1-14-2-4-15(5-3-14)19(23)13-28-20(24)17-12-16(6-7-18(17)21)29(25,26)22-8-10-27-11-9-22/h2-7,12H,8-11,13H2,1H3. The number of ether oxygens (including phenoxy) is 2. The van der Waals surface area contributed by atoms with E-state index in [9.17, 15) is 22.4 Å². The van der Waals surface area contributed by atoms with Crippen molar-refractivity contribution in [3.63, 3.8) is 0 Å². The lowest BCUT2D eigenvalue weighted by atomic mass is 10.1. The SMILES string of the molecule is Cc1ccc(C(=O)COC(=O)c2cc(S(=O)(=O)N3CCOCC3)ccc2F)cc1. The van der Waals surface area contributed by atoms with Gasteiger partial charge in [-0.15, -0.1) is 0 Å². The average Bonchev–Trinajstić information content (AvgIpc) is 2.73. The fourth-order valence-electron chi connectivity index (χ4n) is 2.79. The fourth-order valence-corrected chi connectivity index (χ4v) is 4.22. The van der Waals surface area contributed by atoms with Crippen LogP contribution in [-0.2, 0) is 19.5 Å². The maximum atomic E-state index is 14.1. The molecule has 0 amide bonds. The molecule has 29 heavy (non-hydrogen) atoms. The van der Waals surface area contributed by atoms with Crippen molar-refractivity contribution < 1.29 is 31.9 Å². The third-order valence-corrected chi connectivity index (χ3v) is 6.37. The van der Waals surface area contributed by atoms with E-state index in [1.54, 1.807) is 24.3 Å². The van der Waals surface area contributed by atoms with E-state index in [0.717, 1.165) is 23.8 Å². The van der Waals surface area contributed by atoms with Crippen molar-refractivity contribution in [2.45, 2.75) is 11.8 Å². The van der Waals surface area contributed by atoms with Gasteiger partial charge in [-0.25, -0.2) is 17.6 Å². The number of carbonyl (C=O) groups is 2. The third kappa shape index (κ3) is 4.87. The van der Waals surface area contributed by atoms with Crippen molar-refractivity contribution in [2.24, 2.45) is 0 Å². The van der Waals surface area contributed by atoms with E-state index in [-0.39, 0.29) is 31.2 Å². The van der Waals surface area contributed by atoms with Gasteiger partial charge in [0.1, 0.15) is 5.82 Å². The molecule has 1 aliphatic heterocycles. The highest BCUT2D eigenvalue weighted by Crippen LogP contribution is 2.21. The molecule has 1 saturated heterocycles. The predicted octanol–water partition coefficient (Wildman–Crippen LogP) is 2.19. The van der Waals surface area contributed by atoms with Gasteiger partial charge in [0.2, 0.25) is 10.0 Å². The molecule has 0 unspecified atom stereocenters. The number of benzene rings is 2. The monoisotopic (exact) mass is 421 g/mol. The first-order valence-electron chi connectivity index (χ1n) is 8.93. The summed E-state index contributed by atoms with van der Waals surface area (Å²) in [6.45, 7) is 2.15. The van der Waals surface area contributed by atoms with Crippen LogP contribution in [0, 0.1) is 12.7 Å². The number of nitrogens with zero attached hydrogens (tertiary/aromatic N) is 1. The second kappa shape index (κ2) is 8.81. The molecule has 1 heterocycles. The van der Waals surface area contributed by atoms with Crippen molar-refractivity contribution >= 4 is 21.8 Å². The Balaban J connectivity index is 1.74. The Hall–Kier alpha value is -2.62. The van der Waals surface area contributed by atoms with E-state index in [1.807, 2.05) is 6.92 Å². The summed E-state index contributed by atoms with van der Waals surface area (Å²) in [5.74, 6) is -2.49. The van der Waals surface area contributed by atoms with Crippen LogP contribution >= 0.6 is 0 Å². The van der Waals surface area contributed by atoms with Gasteiger partial charge in [0, 0.05) is 18.7 Å². The Labute approximate surface area is 168 Å². The number of Topliss-reactive ketones (excluding diaryl/α,β-unsaturated/α-hetero) is 1.